The molecule has 0 bridgehead atoms. The zero-order chi connectivity index (χ0) is 17.3. The molecule has 1 aliphatic heterocycles. The first-order valence-electron chi connectivity index (χ1n) is 7.84. The summed E-state index contributed by atoms with van der Waals surface area (Å²) in [4.78, 5) is 21.7. The minimum Gasteiger partial charge on any atom is -0.368 e. The first-order chi connectivity index (χ1) is 11.5. The van der Waals surface area contributed by atoms with Crippen LogP contribution in [0.3, 0.4) is 0 Å². The Hall–Kier alpha value is -2.95. The molecule has 3 heterocycles. The maximum absolute atomic E-state index is 11.2. The Morgan fingerprint density at radius 3 is 2.92 bits per heavy atom. The van der Waals surface area contributed by atoms with Crippen molar-refractivity contribution in [2.24, 2.45) is 5.73 Å². The normalized spacial score (nSPS) is 17.5. The summed E-state index contributed by atoms with van der Waals surface area (Å²) in [5, 5.41) is 13.6. The van der Waals surface area contributed by atoms with Crippen LogP contribution in [0.25, 0.3) is 0 Å². The maximum Gasteiger partial charge on any atom is 0.288 e. The fourth-order valence-corrected chi connectivity index (χ4v) is 3.15. The number of hydrogen-bond acceptors (Lipinski definition) is 6. The van der Waals surface area contributed by atoms with Crippen molar-refractivity contribution in [2.75, 3.05) is 18.0 Å². The van der Waals surface area contributed by atoms with Crippen molar-refractivity contribution in [3.63, 3.8) is 0 Å². The number of nitriles is 1. The van der Waals surface area contributed by atoms with E-state index in [4.69, 9.17) is 5.73 Å². The number of aryl methyl sites for hydroxylation is 2. The van der Waals surface area contributed by atoms with Gasteiger partial charge in [0, 0.05) is 18.8 Å². The van der Waals surface area contributed by atoms with Gasteiger partial charge in [0.25, 0.3) is 5.91 Å². The van der Waals surface area contributed by atoms with Crippen molar-refractivity contribution >= 4 is 11.6 Å². The van der Waals surface area contributed by atoms with Gasteiger partial charge in [-0.2, -0.15) is 5.26 Å². The third-order valence-corrected chi connectivity index (χ3v) is 4.26. The Morgan fingerprint density at radius 1 is 1.46 bits per heavy atom. The van der Waals surface area contributed by atoms with E-state index in [1.807, 2.05) is 19.9 Å². The van der Waals surface area contributed by atoms with Gasteiger partial charge in [-0.3, -0.25) is 9.78 Å². The first-order valence-corrected chi connectivity index (χ1v) is 7.84. The number of primary amides is 1. The van der Waals surface area contributed by atoms with E-state index in [1.54, 1.807) is 11.0 Å². The molecular formula is C16H19N7O. The van der Waals surface area contributed by atoms with Gasteiger partial charge in [0.05, 0.1) is 23.0 Å². The van der Waals surface area contributed by atoms with Crippen LogP contribution in [0.2, 0.25) is 0 Å². The van der Waals surface area contributed by atoms with Crippen molar-refractivity contribution < 1.29 is 4.79 Å². The van der Waals surface area contributed by atoms with Crippen LogP contribution in [0.5, 0.6) is 0 Å². The van der Waals surface area contributed by atoms with E-state index in [0.29, 0.717) is 12.1 Å². The third kappa shape index (κ3) is 2.93. The van der Waals surface area contributed by atoms with Crippen LogP contribution >= 0.6 is 0 Å². The van der Waals surface area contributed by atoms with Gasteiger partial charge in [-0.15, -0.1) is 5.10 Å². The summed E-state index contributed by atoms with van der Waals surface area (Å²) in [6, 6.07) is 4.29. The van der Waals surface area contributed by atoms with Gasteiger partial charge in [-0.25, -0.2) is 9.67 Å². The molecule has 1 fully saturated rings. The van der Waals surface area contributed by atoms with Gasteiger partial charge in [-0.05, 0) is 32.8 Å². The van der Waals surface area contributed by atoms with Crippen LogP contribution in [0.4, 0.5) is 5.69 Å². The Kier molecular flexibility index (Phi) is 4.16. The molecule has 24 heavy (non-hydrogen) atoms. The molecule has 2 N–H and O–H groups in total. The topological polar surface area (TPSA) is 114 Å². The molecule has 8 heteroatoms. The molecule has 124 valence electrons. The molecule has 1 atom stereocenters. The number of rotatable bonds is 3. The molecule has 0 saturated carbocycles. The van der Waals surface area contributed by atoms with Gasteiger partial charge in [0.2, 0.25) is 5.82 Å². The lowest BCUT2D eigenvalue weighted by molar-refractivity contribution is 0.0990. The van der Waals surface area contributed by atoms with Crippen LogP contribution in [0.1, 0.15) is 46.5 Å². The number of aromatic nitrogens is 4. The number of piperidine rings is 1. The number of amides is 1. The third-order valence-electron chi connectivity index (χ3n) is 4.26. The molecule has 8 nitrogen and oxygen atoms in total. The molecule has 0 spiro atoms. The quantitative estimate of drug-likeness (QED) is 0.904. The number of nitrogens with zero attached hydrogens (tertiary/aromatic N) is 6. The molecule has 0 aliphatic carbocycles. The molecule has 2 aromatic rings. The summed E-state index contributed by atoms with van der Waals surface area (Å²) in [6.45, 7) is 5.34. The van der Waals surface area contributed by atoms with Crippen molar-refractivity contribution in [3.8, 4) is 6.07 Å². The van der Waals surface area contributed by atoms with E-state index in [9.17, 15) is 10.1 Å². The van der Waals surface area contributed by atoms with Crippen molar-refractivity contribution in [1.82, 2.24) is 19.7 Å². The van der Waals surface area contributed by atoms with Crippen LogP contribution in [-0.4, -0.2) is 38.7 Å². The predicted octanol–water partition coefficient (Wildman–Crippen LogP) is 1.10. The number of carbonyl (C=O) groups is 1. The van der Waals surface area contributed by atoms with E-state index in [0.717, 1.165) is 36.5 Å². The van der Waals surface area contributed by atoms with Crippen LogP contribution in [0.15, 0.2) is 12.4 Å². The lowest BCUT2D eigenvalue weighted by atomic mass is 10.0. The highest BCUT2D eigenvalue weighted by Crippen LogP contribution is 2.29. The minimum atomic E-state index is -0.631. The second-order valence-electron chi connectivity index (χ2n) is 6.01. The maximum atomic E-state index is 11.2. The number of anilines is 1. The Balaban J connectivity index is 1.88. The Labute approximate surface area is 139 Å². The van der Waals surface area contributed by atoms with Crippen molar-refractivity contribution in [3.05, 3.63) is 35.2 Å². The molecule has 1 unspecified atom stereocenters. The standard InChI is InChI=1S/C16H19N7O/c1-10-6-14(13(7-17)11(2)20-10)22-5-3-4-12(8-22)23-9-19-16(21-23)15(18)24/h6,9,12H,3-5,8H2,1-2H3,(H2,18,24). The fourth-order valence-electron chi connectivity index (χ4n) is 3.15. The molecule has 2 aromatic heterocycles. The average Bonchev–Trinajstić information content (AvgIpc) is 3.04. The molecule has 3 rings (SSSR count). The van der Waals surface area contributed by atoms with E-state index in [1.165, 1.54) is 0 Å². The molecule has 0 radical (unpaired) electrons. The highest BCUT2D eigenvalue weighted by molar-refractivity contribution is 5.88. The zero-order valence-electron chi connectivity index (χ0n) is 13.7. The first kappa shape index (κ1) is 15.9. The summed E-state index contributed by atoms with van der Waals surface area (Å²) < 4.78 is 1.69. The second-order valence-corrected chi connectivity index (χ2v) is 6.01. The fraction of sp³-hybridized carbons (Fsp3) is 0.438. The van der Waals surface area contributed by atoms with Crippen molar-refractivity contribution in [2.45, 2.75) is 32.7 Å². The molecule has 1 amide bonds. The largest absolute Gasteiger partial charge is 0.368 e. The summed E-state index contributed by atoms with van der Waals surface area (Å²) in [5.74, 6) is -0.603. The minimum absolute atomic E-state index is 0.0282. The molecule has 0 aromatic carbocycles. The molecule has 1 saturated heterocycles. The highest BCUT2D eigenvalue weighted by atomic mass is 16.1. The number of nitrogens with two attached hydrogens (primary N) is 1. The molecule has 1 aliphatic rings. The van der Waals surface area contributed by atoms with Gasteiger partial charge < -0.3 is 10.6 Å². The summed E-state index contributed by atoms with van der Waals surface area (Å²) in [5.41, 5.74) is 8.36. The predicted molar refractivity (Wildman–Crippen MR) is 87.4 cm³/mol. The average molecular weight is 325 g/mol. The summed E-state index contributed by atoms with van der Waals surface area (Å²) in [6.07, 6.45) is 3.44. The van der Waals surface area contributed by atoms with Crippen LogP contribution in [0, 0.1) is 25.2 Å². The van der Waals surface area contributed by atoms with E-state index in [-0.39, 0.29) is 11.9 Å². The van der Waals surface area contributed by atoms with Crippen LogP contribution < -0.4 is 10.6 Å². The van der Waals surface area contributed by atoms with E-state index < -0.39 is 5.91 Å². The second kappa shape index (κ2) is 6.28. The number of pyridine rings is 1. The van der Waals surface area contributed by atoms with Gasteiger partial charge in [0.1, 0.15) is 12.4 Å². The lowest BCUT2D eigenvalue weighted by Crippen LogP contribution is -2.37. The van der Waals surface area contributed by atoms with Gasteiger partial charge in [0.15, 0.2) is 0 Å². The van der Waals surface area contributed by atoms with Crippen molar-refractivity contribution in [1.29, 1.82) is 5.26 Å². The highest BCUT2D eigenvalue weighted by Gasteiger charge is 2.25. The Morgan fingerprint density at radius 2 is 2.25 bits per heavy atom. The summed E-state index contributed by atoms with van der Waals surface area (Å²) >= 11 is 0. The van der Waals surface area contributed by atoms with Gasteiger partial charge in [-0.1, -0.05) is 0 Å². The number of hydrogen-bond donors (Lipinski definition) is 1. The SMILES string of the molecule is Cc1cc(N2CCCC(n3cnc(C(N)=O)n3)C2)c(C#N)c(C)n1. The van der Waals surface area contributed by atoms with Gasteiger partial charge >= 0.3 is 0 Å². The molecular weight excluding hydrogens is 306 g/mol. The van der Waals surface area contributed by atoms with Crippen LogP contribution in [-0.2, 0) is 0 Å². The zero-order valence-corrected chi connectivity index (χ0v) is 13.7. The monoisotopic (exact) mass is 325 g/mol. The number of carbonyl (C=O) groups excluding carboxylic acids is 1. The van der Waals surface area contributed by atoms with E-state index in [2.05, 4.69) is 26.0 Å². The van der Waals surface area contributed by atoms with E-state index >= 15 is 0 Å². The Bertz CT molecular complexity index is 820. The lowest BCUT2D eigenvalue weighted by Gasteiger charge is -2.35. The summed E-state index contributed by atoms with van der Waals surface area (Å²) in [7, 11) is 0. The smallest absolute Gasteiger partial charge is 0.288 e.